The van der Waals surface area contributed by atoms with E-state index in [1.165, 1.54) is 32.1 Å². The molecule has 0 bridgehead atoms. The zero-order valence-electron chi connectivity index (χ0n) is 9.30. The molecular formula is C12H23NO. The van der Waals surface area contributed by atoms with Crippen LogP contribution in [-0.2, 0) is 4.74 Å². The molecule has 1 heterocycles. The van der Waals surface area contributed by atoms with Crippen molar-refractivity contribution in [3.63, 3.8) is 0 Å². The topological polar surface area (TPSA) is 21.3 Å². The summed E-state index contributed by atoms with van der Waals surface area (Å²) in [5.74, 6) is 1.84. The van der Waals surface area contributed by atoms with Gasteiger partial charge in [0.05, 0.1) is 12.7 Å². The molecule has 2 nitrogen and oxygen atoms in total. The molecule has 14 heavy (non-hydrogen) atoms. The molecule has 2 fully saturated rings. The lowest BCUT2D eigenvalue weighted by Gasteiger charge is -2.35. The molecule has 0 aromatic heterocycles. The Balaban J connectivity index is 1.76. The number of nitrogens with one attached hydrogen (secondary N) is 1. The minimum atomic E-state index is 0.515. The summed E-state index contributed by atoms with van der Waals surface area (Å²) in [5, 5.41) is 3.43. The van der Waals surface area contributed by atoms with E-state index in [4.69, 9.17) is 4.74 Å². The first-order valence-electron chi connectivity index (χ1n) is 6.22. The highest BCUT2D eigenvalue weighted by atomic mass is 16.5. The van der Waals surface area contributed by atoms with Crippen LogP contribution in [0.1, 0.15) is 39.0 Å². The van der Waals surface area contributed by atoms with Crippen molar-refractivity contribution in [2.75, 3.05) is 19.7 Å². The third-order valence-electron chi connectivity index (χ3n) is 3.95. The molecule has 1 saturated carbocycles. The largest absolute Gasteiger partial charge is 0.375 e. The fourth-order valence-corrected chi connectivity index (χ4v) is 2.86. The number of ether oxygens (including phenoxy) is 1. The van der Waals surface area contributed by atoms with Gasteiger partial charge in [-0.1, -0.05) is 26.2 Å². The Morgan fingerprint density at radius 1 is 1.21 bits per heavy atom. The molecule has 82 valence electrons. The van der Waals surface area contributed by atoms with Gasteiger partial charge in [0.2, 0.25) is 0 Å². The first kappa shape index (κ1) is 10.4. The molecule has 1 unspecified atom stereocenters. The minimum Gasteiger partial charge on any atom is -0.375 e. The Labute approximate surface area is 87.4 Å². The average Bonchev–Trinajstić information content (AvgIpc) is 2.30. The van der Waals surface area contributed by atoms with E-state index in [9.17, 15) is 0 Å². The van der Waals surface area contributed by atoms with Gasteiger partial charge in [-0.25, -0.2) is 0 Å². The maximum atomic E-state index is 5.82. The maximum Gasteiger partial charge on any atom is 0.0728 e. The zero-order chi connectivity index (χ0) is 9.80. The van der Waals surface area contributed by atoms with Crippen molar-refractivity contribution in [1.29, 1.82) is 0 Å². The SMILES string of the molecule is CCC1CCC(C2CNCCO2)CC1. The van der Waals surface area contributed by atoms with Gasteiger partial charge in [0, 0.05) is 13.1 Å². The van der Waals surface area contributed by atoms with Gasteiger partial charge in [0.1, 0.15) is 0 Å². The van der Waals surface area contributed by atoms with Crippen molar-refractivity contribution < 1.29 is 4.74 Å². The number of morpholine rings is 1. The normalized spacial score (nSPS) is 39.6. The molecule has 0 radical (unpaired) electrons. The fourth-order valence-electron chi connectivity index (χ4n) is 2.86. The first-order chi connectivity index (χ1) is 6.90. The Bertz CT molecular complexity index is 158. The van der Waals surface area contributed by atoms with Crippen LogP contribution in [0.25, 0.3) is 0 Å². The van der Waals surface area contributed by atoms with Crippen LogP contribution in [0.5, 0.6) is 0 Å². The van der Waals surface area contributed by atoms with Gasteiger partial charge in [-0.05, 0) is 24.7 Å². The molecule has 2 aliphatic rings. The van der Waals surface area contributed by atoms with Crippen LogP contribution in [0.3, 0.4) is 0 Å². The molecular weight excluding hydrogens is 174 g/mol. The standard InChI is InChI=1S/C12H23NO/c1-2-10-3-5-11(6-4-10)12-9-13-7-8-14-12/h10-13H,2-9H2,1H3. The summed E-state index contributed by atoms with van der Waals surface area (Å²) in [5.41, 5.74) is 0. The van der Waals surface area contributed by atoms with Crippen LogP contribution in [0.4, 0.5) is 0 Å². The zero-order valence-corrected chi connectivity index (χ0v) is 9.30. The molecule has 0 amide bonds. The molecule has 0 aromatic carbocycles. The van der Waals surface area contributed by atoms with Crippen LogP contribution in [0.2, 0.25) is 0 Å². The molecule has 2 rings (SSSR count). The van der Waals surface area contributed by atoms with Crippen LogP contribution in [-0.4, -0.2) is 25.8 Å². The van der Waals surface area contributed by atoms with Gasteiger partial charge >= 0.3 is 0 Å². The van der Waals surface area contributed by atoms with Crippen molar-refractivity contribution in [2.45, 2.75) is 45.1 Å². The summed E-state index contributed by atoms with van der Waals surface area (Å²) < 4.78 is 5.82. The quantitative estimate of drug-likeness (QED) is 0.732. The molecule has 0 spiro atoms. The summed E-state index contributed by atoms with van der Waals surface area (Å²) in [6, 6.07) is 0. The second-order valence-corrected chi connectivity index (χ2v) is 4.80. The van der Waals surface area contributed by atoms with Crippen LogP contribution < -0.4 is 5.32 Å². The van der Waals surface area contributed by atoms with Crippen molar-refractivity contribution >= 4 is 0 Å². The van der Waals surface area contributed by atoms with Crippen LogP contribution in [0, 0.1) is 11.8 Å². The number of rotatable bonds is 2. The molecule has 1 saturated heterocycles. The minimum absolute atomic E-state index is 0.515. The summed E-state index contributed by atoms with van der Waals surface area (Å²) in [7, 11) is 0. The highest BCUT2D eigenvalue weighted by molar-refractivity contribution is 4.80. The molecule has 1 aliphatic carbocycles. The third-order valence-corrected chi connectivity index (χ3v) is 3.95. The molecule has 0 aromatic rings. The Morgan fingerprint density at radius 3 is 2.57 bits per heavy atom. The smallest absolute Gasteiger partial charge is 0.0728 e. The average molecular weight is 197 g/mol. The van der Waals surface area contributed by atoms with E-state index in [1.54, 1.807) is 0 Å². The molecule has 1 N–H and O–H groups in total. The molecule has 1 atom stereocenters. The van der Waals surface area contributed by atoms with Crippen molar-refractivity contribution in [1.82, 2.24) is 5.32 Å². The van der Waals surface area contributed by atoms with Gasteiger partial charge in [0.15, 0.2) is 0 Å². The fraction of sp³-hybridized carbons (Fsp3) is 1.00. The van der Waals surface area contributed by atoms with E-state index in [-0.39, 0.29) is 0 Å². The first-order valence-corrected chi connectivity index (χ1v) is 6.22. The van der Waals surface area contributed by atoms with Crippen molar-refractivity contribution in [3.05, 3.63) is 0 Å². The number of hydrogen-bond donors (Lipinski definition) is 1. The Hall–Kier alpha value is -0.0800. The lowest BCUT2D eigenvalue weighted by Crippen LogP contribution is -2.43. The van der Waals surface area contributed by atoms with E-state index >= 15 is 0 Å². The number of hydrogen-bond acceptors (Lipinski definition) is 2. The second kappa shape index (κ2) is 5.13. The second-order valence-electron chi connectivity index (χ2n) is 4.80. The summed E-state index contributed by atoms with van der Waals surface area (Å²) in [6.45, 7) is 5.37. The van der Waals surface area contributed by atoms with Crippen molar-refractivity contribution in [2.24, 2.45) is 11.8 Å². The van der Waals surface area contributed by atoms with Gasteiger partial charge in [-0.15, -0.1) is 0 Å². The third kappa shape index (κ3) is 2.48. The highest BCUT2D eigenvalue weighted by Crippen LogP contribution is 2.33. The predicted octanol–water partition coefficient (Wildman–Crippen LogP) is 2.19. The molecule has 1 aliphatic heterocycles. The lowest BCUT2D eigenvalue weighted by molar-refractivity contribution is -0.0232. The molecule has 2 heteroatoms. The van der Waals surface area contributed by atoms with Crippen molar-refractivity contribution in [3.8, 4) is 0 Å². The van der Waals surface area contributed by atoms with Crippen LogP contribution >= 0.6 is 0 Å². The van der Waals surface area contributed by atoms with E-state index in [0.29, 0.717) is 6.10 Å². The summed E-state index contributed by atoms with van der Waals surface area (Å²) >= 11 is 0. The summed E-state index contributed by atoms with van der Waals surface area (Å²) in [6.07, 6.45) is 7.54. The van der Waals surface area contributed by atoms with Gasteiger partial charge < -0.3 is 10.1 Å². The lowest BCUT2D eigenvalue weighted by atomic mass is 9.78. The van der Waals surface area contributed by atoms with Gasteiger partial charge in [0.25, 0.3) is 0 Å². The Kier molecular flexibility index (Phi) is 3.82. The summed E-state index contributed by atoms with van der Waals surface area (Å²) in [4.78, 5) is 0. The highest BCUT2D eigenvalue weighted by Gasteiger charge is 2.28. The monoisotopic (exact) mass is 197 g/mol. The Morgan fingerprint density at radius 2 is 2.00 bits per heavy atom. The van der Waals surface area contributed by atoms with E-state index < -0.39 is 0 Å². The maximum absolute atomic E-state index is 5.82. The predicted molar refractivity (Wildman–Crippen MR) is 58.3 cm³/mol. The van der Waals surface area contributed by atoms with Gasteiger partial charge in [-0.3, -0.25) is 0 Å². The van der Waals surface area contributed by atoms with E-state index in [0.717, 1.165) is 31.5 Å². The van der Waals surface area contributed by atoms with Gasteiger partial charge in [-0.2, -0.15) is 0 Å². The van der Waals surface area contributed by atoms with E-state index in [1.807, 2.05) is 0 Å². The van der Waals surface area contributed by atoms with Crippen LogP contribution in [0.15, 0.2) is 0 Å². The van der Waals surface area contributed by atoms with E-state index in [2.05, 4.69) is 12.2 Å².